The molecule has 31 heavy (non-hydrogen) atoms. The molecule has 1 aliphatic heterocycles. The highest BCUT2D eigenvalue weighted by atomic mass is 16.5. The molecular formula is C24H20N6O. The van der Waals surface area contributed by atoms with Crippen LogP contribution in [0, 0.1) is 11.3 Å². The molecule has 0 bridgehead atoms. The molecule has 0 aliphatic carbocycles. The Bertz CT molecular complexity index is 1310. The van der Waals surface area contributed by atoms with Crippen LogP contribution in [0.2, 0.25) is 0 Å². The summed E-state index contributed by atoms with van der Waals surface area (Å²) in [6.45, 7) is 2.68. The van der Waals surface area contributed by atoms with Crippen LogP contribution < -0.4 is 10.5 Å². The standard InChI is InChI=1S/C24H20N6O/c1-2-29-19(13-14-27-29)20-18(15-25)23(26)31-24-21(20)22(16-9-5-3-6-10-16)28-30(24)17-11-7-4-8-12-17/h3-14,20H,2,26H2,1H3. The minimum atomic E-state index is -0.441. The monoisotopic (exact) mass is 408 g/mol. The number of hydrogen-bond acceptors (Lipinski definition) is 5. The maximum Gasteiger partial charge on any atom is 0.229 e. The summed E-state index contributed by atoms with van der Waals surface area (Å²) in [5.74, 6) is 0.153. The zero-order valence-electron chi connectivity index (χ0n) is 16.9. The average Bonchev–Trinajstić information content (AvgIpc) is 3.44. The number of ether oxygens (including phenoxy) is 1. The summed E-state index contributed by atoms with van der Waals surface area (Å²) in [6.07, 6.45) is 1.74. The van der Waals surface area contributed by atoms with Gasteiger partial charge in [-0.15, -0.1) is 0 Å². The molecule has 0 radical (unpaired) electrons. The third-order valence-electron chi connectivity index (χ3n) is 5.44. The summed E-state index contributed by atoms with van der Waals surface area (Å²) in [5.41, 5.74) is 10.8. The van der Waals surface area contributed by atoms with Gasteiger partial charge in [0, 0.05) is 18.3 Å². The molecule has 2 aromatic heterocycles. The van der Waals surface area contributed by atoms with Gasteiger partial charge in [-0.3, -0.25) is 4.68 Å². The van der Waals surface area contributed by atoms with Crippen LogP contribution in [0.3, 0.4) is 0 Å². The van der Waals surface area contributed by atoms with Crippen molar-refractivity contribution in [3.63, 3.8) is 0 Å². The summed E-state index contributed by atoms with van der Waals surface area (Å²) < 4.78 is 9.65. The van der Waals surface area contributed by atoms with Crippen LogP contribution in [-0.4, -0.2) is 19.6 Å². The van der Waals surface area contributed by atoms with Crippen LogP contribution in [0.15, 0.2) is 84.4 Å². The molecule has 0 saturated heterocycles. The highest BCUT2D eigenvalue weighted by molar-refractivity contribution is 5.71. The molecule has 1 atom stereocenters. The first-order chi connectivity index (χ1) is 15.2. The molecule has 7 nitrogen and oxygen atoms in total. The molecule has 152 valence electrons. The van der Waals surface area contributed by atoms with Gasteiger partial charge in [-0.25, -0.2) is 0 Å². The van der Waals surface area contributed by atoms with E-state index in [-0.39, 0.29) is 5.88 Å². The Hall–Kier alpha value is -4.31. The van der Waals surface area contributed by atoms with Gasteiger partial charge in [0.15, 0.2) is 0 Å². The van der Waals surface area contributed by atoms with Crippen LogP contribution in [-0.2, 0) is 6.54 Å². The maximum atomic E-state index is 9.98. The molecule has 0 spiro atoms. The quantitative estimate of drug-likeness (QED) is 0.551. The fourth-order valence-electron chi connectivity index (χ4n) is 4.04. The van der Waals surface area contributed by atoms with Crippen LogP contribution >= 0.6 is 0 Å². The van der Waals surface area contributed by atoms with Crippen molar-refractivity contribution < 1.29 is 4.74 Å². The van der Waals surface area contributed by atoms with Gasteiger partial charge in [0.1, 0.15) is 17.3 Å². The lowest BCUT2D eigenvalue weighted by molar-refractivity contribution is 0.365. The van der Waals surface area contributed by atoms with E-state index in [1.54, 1.807) is 10.9 Å². The van der Waals surface area contributed by atoms with E-state index in [0.29, 0.717) is 18.0 Å². The Balaban J connectivity index is 1.84. The lowest BCUT2D eigenvalue weighted by atomic mass is 9.85. The highest BCUT2D eigenvalue weighted by Gasteiger charge is 2.39. The van der Waals surface area contributed by atoms with Gasteiger partial charge in [-0.1, -0.05) is 48.5 Å². The number of nitrogens with two attached hydrogens (primary N) is 1. The van der Waals surface area contributed by atoms with E-state index in [1.165, 1.54) is 0 Å². The van der Waals surface area contributed by atoms with E-state index >= 15 is 0 Å². The van der Waals surface area contributed by atoms with Crippen molar-refractivity contribution in [3.05, 3.63) is 95.6 Å². The zero-order chi connectivity index (χ0) is 21.4. The lowest BCUT2D eigenvalue weighted by Crippen LogP contribution is -2.23. The minimum absolute atomic E-state index is 0.0838. The largest absolute Gasteiger partial charge is 0.422 e. The van der Waals surface area contributed by atoms with Gasteiger partial charge in [-0.05, 0) is 25.1 Å². The fraction of sp³-hybridized carbons (Fsp3) is 0.125. The molecule has 4 aromatic rings. The number of hydrogen-bond donors (Lipinski definition) is 1. The number of fused-ring (bicyclic) bond motifs is 1. The number of nitrogens with zero attached hydrogens (tertiary/aromatic N) is 5. The molecule has 0 fully saturated rings. The van der Waals surface area contributed by atoms with Crippen LogP contribution in [0.4, 0.5) is 0 Å². The van der Waals surface area contributed by atoms with E-state index < -0.39 is 5.92 Å². The Morgan fingerprint density at radius 2 is 1.77 bits per heavy atom. The number of para-hydroxylation sites is 1. The second-order valence-corrected chi connectivity index (χ2v) is 7.18. The molecule has 0 saturated carbocycles. The Morgan fingerprint density at radius 3 is 2.45 bits per heavy atom. The number of aryl methyl sites for hydroxylation is 1. The number of aromatic nitrogens is 4. The van der Waals surface area contributed by atoms with Gasteiger partial charge >= 0.3 is 0 Å². The molecule has 2 N–H and O–H groups in total. The van der Waals surface area contributed by atoms with Crippen molar-refractivity contribution in [2.24, 2.45) is 5.73 Å². The second kappa shape index (κ2) is 7.50. The summed E-state index contributed by atoms with van der Waals surface area (Å²) in [5, 5.41) is 19.3. The van der Waals surface area contributed by atoms with Crippen molar-refractivity contribution >= 4 is 0 Å². The zero-order valence-corrected chi connectivity index (χ0v) is 16.9. The number of rotatable bonds is 4. The number of benzene rings is 2. The second-order valence-electron chi connectivity index (χ2n) is 7.18. The first kappa shape index (κ1) is 18.7. The van der Waals surface area contributed by atoms with Gasteiger partial charge in [-0.2, -0.15) is 20.1 Å². The Morgan fingerprint density at radius 1 is 1.06 bits per heavy atom. The first-order valence-electron chi connectivity index (χ1n) is 10.1. The van der Waals surface area contributed by atoms with Crippen molar-refractivity contribution in [1.82, 2.24) is 19.6 Å². The molecule has 7 heteroatoms. The van der Waals surface area contributed by atoms with E-state index in [1.807, 2.05) is 78.3 Å². The normalized spacial score (nSPS) is 15.3. The summed E-state index contributed by atoms with van der Waals surface area (Å²) in [6, 6.07) is 23.8. The van der Waals surface area contributed by atoms with Gasteiger partial charge in [0.25, 0.3) is 0 Å². The van der Waals surface area contributed by atoms with Gasteiger partial charge < -0.3 is 10.5 Å². The van der Waals surface area contributed by atoms with Crippen molar-refractivity contribution in [2.45, 2.75) is 19.4 Å². The molecule has 1 unspecified atom stereocenters. The lowest BCUT2D eigenvalue weighted by Gasteiger charge is -2.25. The van der Waals surface area contributed by atoms with Gasteiger partial charge in [0.2, 0.25) is 11.8 Å². The molecule has 3 heterocycles. The summed E-state index contributed by atoms with van der Waals surface area (Å²) in [4.78, 5) is 0. The predicted molar refractivity (Wildman–Crippen MR) is 116 cm³/mol. The van der Waals surface area contributed by atoms with Crippen LogP contribution in [0.25, 0.3) is 16.9 Å². The Kier molecular flexibility index (Phi) is 4.53. The average molecular weight is 408 g/mol. The van der Waals surface area contributed by atoms with Crippen LogP contribution in [0.1, 0.15) is 24.1 Å². The Labute approximate surface area is 179 Å². The summed E-state index contributed by atoms with van der Waals surface area (Å²) in [7, 11) is 0. The SMILES string of the molecule is CCn1nccc1C1C(C#N)=C(N)Oc2c1c(-c1ccccc1)nn2-c1ccccc1. The molecule has 2 aromatic carbocycles. The van der Waals surface area contributed by atoms with Crippen molar-refractivity contribution in [3.8, 4) is 28.9 Å². The maximum absolute atomic E-state index is 9.98. The van der Waals surface area contributed by atoms with Crippen LogP contribution in [0.5, 0.6) is 5.88 Å². The topological polar surface area (TPSA) is 94.7 Å². The molecule has 5 rings (SSSR count). The van der Waals surface area contributed by atoms with E-state index in [4.69, 9.17) is 15.6 Å². The molecular weight excluding hydrogens is 388 g/mol. The van der Waals surface area contributed by atoms with E-state index in [2.05, 4.69) is 11.2 Å². The molecule has 1 aliphatic rings. The summed E-state index contributed by atoms with van der Waals surface area (Å²) >= 11 is 0. The van der Waals surface area contributed by atoms with Gasteiger partial charge in [0.05, 0.1) is 22.9 Å². The van der Waals surface area contributed by atoms with E-state index in [0.717, 1.165) is 28.2 Å². The number of nitriles is 1. The minimum Gasteiger partial charge on any atom is -0.422 e. The fourth-order valence-corrected chi connectivity index (χ4v) is 4.04. The third kappa shape index (κ3) is 2.97. The van der Waals surface area contributed by atoms with Crippen molar-refractivity contribution in [1.29, 1.82) is 5.26 Å². The van der Waals surface area contributed by atoms with Crippen molar-refractivity contribution in [2.75, 3.05) is 0 Å². The predicted octanol–water partition coefficient (Wildman–Crippen LogP) is 3.97. The van der Waals surface area contributed by atoms with E-state index in [9.17, 15) is 5.26 Å². The highest BCUT2D eigenvalue weighted by Crippen LogP contribution is 2.47. The third-order valence-corrected chi connectivity index (χ3v) is 5.44. The first-order valence-corrected chi connectivity index (χ1v) is 10.1. The smallest absolute Gasteiger partial charge is 0.229 e. The number of allylic oxidation sites excluding steroid dienone is 1. The molecule has 0 amide bonds.